The standard InChI is InChI=1S/C24H22N4O4S/c1-15-6-7-19(27-23(29)17-5-3-4-16(10-17)13-33(31)32)12-22(15)26-18-8-9-21-20(11-18)24(30)28(2)14-25-21/h3-12,14,26H,13H2,1-2H3,(H,27,29)(H,31,32)/p-1. The second kappa shape index (κ2) is 9.35. The van der Waals surface area contributed by atoms with Gasteiger partial charge in [0.15, 0.2) is 0 Å². The zero-order valence-corrected chi connectivity index (χ0v) is 18.8. The number of aromatic nitrogens is 2. The lowest BCUT2D eigenvalue weighted by Crippen LogP contribution is -2.16. The van der Waals surface area contributed by atoms with Gasteiger partial charge in [-0.2, -0.15) is 0 Å². The lowest BCUT2D eigenvalue weighted by atomic mass is 10.1. The summed E-state index contributed by atoms with van der Waals surface area (Å²) in [6.45, 7) is 1.93. The molecule has 0 aliphatic rings. The van der Waals surface area contributed by atoms with Crippen molar-refractivity contribution in [2.75, 3.05) is 10.6 Å². The van der Waals surface area contributed by atoms with Crippen molar-refractivity contribution in [1.29, 1.82) is 0 Å². The van der Waals surface area contributed by atoms with Crippen LogP contribution in [0.1, 0.15) is 21.5 Å². The highest BCUT2D eigenvalue weighted by Gasteiger charge is 2.10. The molecule has 3 aromatic carbocycles. The molecule has 4 rings (SSSR count). The molecule has 2 N–H and O–H groups in total. The number of fused-ring (bicyclic) bond motifs is 1. The molecule has 0 bridgehead atoms. The molecule has 0 saturated carbocycles. The lowest BCUT2D eigenvalue weighted by molar-refractivity contribution is 0.102. The Morgan fingerprint density at radius 2 is 1.88 bits per heavy atom. The van der Waals surface area contributed by atoms with Crippen LogP contribution in [0.4, 0.5) is 17.1 Å². The van der Waals surface area contributed by atoms with Crippen molar-refractivity contribution in [1.82, 2.24) is 9.55 Å². The normalized spacial score (nSPS) is 11.8. The molecule has 1 aromatic heterocycles. The Kier molecular flexibility index (Phi) is 6.34. The molecule has 1 heterocycles. The Labute approximate surface area is 192 Å². The summed E-state index contributed by atoms with van der Waals surface area (Å²) in [5.41, 5.74) is 4.40. The summed E-state index contributed by atoms with van der Waals surface area (Å²) in [5.74, 6) is -0.493. The third-order valence-electron chi connectivity index (χ3n) is 5.17. The van der Waals surface area contributed by atoms with E-state index in [1.54, 1.807) is 55.6 Å². The molecule has 33 heavy (non-hydrogen) atoms. The molecule has 4 aromatic rings. The van der Waals surface area contributed by atoms with E-state index in [4.69, 9.17) is 0 Å². The van der Waals surface area contributed by atoms with Crippen LogP contribution in [0.2, 0.25) is 0 Å². The zero-order valence-electron chi connectivity index (χ0n) is 18.0. The second-order valence-corrected chi connectivity index (χ2v) is 8.55. The predicted molar refractivity (Wildman–Crippen MR) is 128 cm³/mol. The van der Waals surface area contributed by atoms with E-state index >= 15 is 0 Å². The zero-order chi connectivity index (χ0) is 23.5. The molecule has 0 saturated heterocycles. The van der Waals surface area contributed by atoms with Gasteiger partial charge in [0.1, 0.15) is 0 Å². The highest BCUT2D eigenvalue weighted by Crippen LogP contribution is 2.26. The van der Waals surface area contributed by atoms with Crippen molar-refractivity contribution in [3.8, 4) is 0 Å². The molecule has 0 spiro atoms. The van der Waals surface area contributed by atoms with Crippen molar-refractivity contribution in [2.24, 2.45) is 7.05 Å². The number of nitrogens with zero attached hydrogens (tertiary/aromatic N) is 2. The molecule has 168 valence electrons. The number of carbonyl (C=O) groups excluding carboxylic acids is 1. The minimum Gasteiger partial charge on any atom is -0.772 e. The molecule has 9 heteroatoms. The molecule has 1 amide bonds. The number of hydrogen-bond acceptors (Lipinski definition) is 6. The van der Waals surface area contributed by atoms with E-state index in [9.17, 15) is 18.4 Å². The maximum atomic E-state index is 12.7. The van der Waals surface area contributed by atoms with E-state index < -0.39 is 11.1 Å². The third kappa shape index (κ3) is 5.16. The van der Waals surface area contributed by atoms with Gasteiger partial charge in [0.05, 0.1) is 17.2 Å². The Hall–Kier alpha value is -3.82. The molecule has 1 atom stereocenters. The summed E-state index contributed by atoms with van der Waals surface area (Å²) in [5, 5.41) is 6.65. The first-order valence-corrected chi connectivity index (χ1v) is 11.3. The molecular formula is C24H21N4O4S-. The lowest BCUT2D eigenvalue weighted by Gasteiger charge is -2.13. The molecular weight excluding hydrogens is 440 g/mol. The van der Waals surface area contributed by atoms with E-state index in [-0.39, 0.29) is 17.2 Å². The fourth-order valence-electron chi connectivity index (χ4n) is 3.42. The van der Waals surface area contributed by atoms with Crippen molar-refractivity contribution >= 4 is 45.0 Å². The average molecular weight is 462 g/mol. The van der Waals surface area contributed by atoms with Gasteiger partial charge in [0.25, 0.3) is 11.5 Å². The second-order valence-electron chi connectivity index (χ2n) is 7.65. The number of rotatable bonds is 6. The quantitative estimate of drug-likeness (QED) is 0.424. The number of nitrogens with one attached hydrogen (secondary N) is 2. The summed E-state index contributed by atoms with van der Waals surface area (Å²) >= 11 is -2.23. The van der Waals surface area contributed by atoms with Crippen LogP contribution in [-0.2, 0) is 23.9 Å². The largest absolute Gasteiger partial charge is 0.772 e. The van der Waals surface area contributed by atoms with Gasteiger partial charge in [-0.05, 0) is 60.5 Å². The Morgan fingerprint density at radius 1 is 1.09 bits per heavy atom. The van der Waals surface area contributed by atoms with Gasteiger partial charge in [-0.3, -0.25) is 13.8 Å². The van der Waals surface area contributed by atoms with Crippen LogP contribution in [0, 0.1) is 6.92 Å². The Bertz CT molecular complexity index is 1450. The predicted octanol–water partition coefficient (Wildman–Crippen LogP) is 3.62. The SMILES string of the molecule is Cc1ccc(NC(=O)c2cccc(CS(=O)[O-])c2)cc1Nc1ccc2ncn(C)c(=O)c2c1. The smallest absolute Gasteiger partial charge is 0.260 e. The van der Waals surface area contributed by atoms with Crippen molar-refractivity contribution in [3.63, 3.8) is 0 Å². The minimum atomic E-state index is -2.23. The number of benzene rings is 3. The van der Waals surface area contributed by atoms with Crippen molar-refractivity contribution in [3.05, 3.63) is 94.0 Å². The van der Waals surface area contributed by atoms with Crippen LogP contribution in [0.3, 0.4) is 0 Å². The third-order valence-corrected chi connectivity index (χ3v) is 5.73. The van der Waals surface area contributed by atoms with E-state index in [2.05, 4.69) is 15.6 Å². The van der Waals surface area contributed by atoms with Crippen LogP contribution in [0.15, 0.2) is 71.8 Å². The monoisotopic (exact) mass is 461 g/mol. The summed E-state index contributed by atoms with van der Waals surface area (Å²) in [6.07, 6.45) is 1.49. The number of amides is 1. The van der Waals surface area contributed by atoms with E-state index in [1.165, 1.54) is 10.9 Å². The first kappa shape index (κ1) is 22.4. The number of hydrogen-bond donors (Lipinski definition) is 2. The number of anilines is 3. The summed E-state index contributed by atoms with van der Waals surface area (Å²) in [4.78, 5) is 29.4. The van der Waals surface area contributed by atoms with Gasteiger partial charge >= 0.3 is 0 Å². The maximum Gasteiger partial charge on any atom is 0.260 e. The van der Waals surface area contributed by atoms with Gasteiger partial charge in [-0.1, -0.05) is 29.3 Å². The van der Waals surface area contributed by atoms with Crippen LogP contribution in [0.25, 0.3) is 10.9 Å². The van der Waals surface area contributed by atoms with Crippen LogP contribution in [0.5, 0.6) is 0 Å². The average Bonchev–Trinajstić information content (AvgIpc) is 2.78. The fourth-order valence-corrected chi connectivity index (χ4v) is 3.87. The van der Waals surface area contributed by atoms with Crippen LogP contribution in [-0.4, -0.2) is 24.2 Å². The topological polar surface area (TPSA) is 116 Å². The van der Waals surface area contributed by atoms with Gasteiger partial charge in [-0.15, -0.1) is 0 Å². The highest BCUT2D eigenvalue weighted by atomic mass is 32.2. The maximum absolute atomic E-state index is 12.7. The van der Waals surface area contributed by atoms with E-state index in [1.807, 2.05) is 19.1 Å². The Morgan fingerprint density at radius 3 is 2.67 bits per heavy atom. The number of carbonyl (C=O) groups is 1. The first-order valence-electron chi connectivity index (χ1n) is 10.1. The van der Waals surface area contributed by atoms with E-state index in [0.717, 1.165) is 16.9 Å². The number of aryl methyl sites for hydroxylation is 2. The van der Waals surface area contributed by atoms with Gasteiger partial charge < -0.3 is 19.8 Å². The van der Waals surface area contributed by atoms with Crippen molar-refractivity contribution < 1.29 is 13.6 Å². The fraction of sp³-hybridized carbons (Fsp3) is 0.125. The molecule has 1 unspecified atom stereocenters. The Balaban J connectivity index is 1.57. The summed E-state index contributed by atoms with van der Waals surface area (Å²) in [6, 6.07) is 17.3. The highest BCUT2D eigenvalue weighted by molar-refractivity contribution is 7.78. The molecule has 8 nitrogen and oxygen atoms in total. The van der Waals surface area contributed by atoms with Crippen molar-refractivity contribution in [2.45, 2.75) is 12.7 Å². The molecule has 0 aliphatic heterocycles. The molecule has 0 aliphatic carbocycles. The molecule has 0 fully saturated rings. The van der Waals surface area contributed by atoms with Gasteiger partial charge in [-0.25, -0.2) is 4.98 Å². The van der Waals surface area contributed by atoms with E-state index in [0.29, 0.717) is 27.7 Å². The van der Waals surface area contributed by atoms with Gasteiger partial charge in [0.2, 0.25) is 0 Å². The van der Waals surface area contributed by atoms with Crippen LogP contribution < -0.4 is 16.2 Å². The van der Waals surface area contributed by atoms with Crippen LogP contribution >= 0.6 is 0 Å². The summed E-state index contributed by atoms with van der Waals surface area (Å²) < 4.78 is 23.3. The summed E-state index contributed by atoms with van der Waals surface area (Å²) in [7, 11) is 1.65. The van der Waals surface area contributed by atoms with Gasteiger partial charge in [0, 0.05) is 35.4 Å². The minimum absolute atomic E-state index is 0.135. The first-order chi connectivity index (χ1) is 15.8. The molecule has 0 radical (unpaired) electrons.